The second-order valence-electron chi connectivity index (χ2n) is 4.95. The highest BCUT2D eigenvalue weighted by Gasteiger charge is 2.15. The predicted octanol–water partition coefficient (Wildman–Crippen LogP) is 2.43. The second kappa shape index (κ2) is 6.45. The molecule has 1 amide bonds. The van der Waals surface area contributed by atoms with E-state index in [1.165, 1.54) is 6.07 Å². The van der Waals surface area contributed by atoms with Crippen molar-refractivity contribution in [2.24, 2.45) is 5.73 Å². The van der Waals surface area contributed by atoms with Crippen molar-refractivity contribution in [3.63, 3.8) is 0 Å². The number of rotatable bonds is 5. The summed E-state index contributed by atoms with van der Waals surface area (Å²) in [5.41, 5.74) is 6.75. The molecule has 1 heterocycles. The molecule has 0 fully saturated rings. The summed E-state index contributed by atoms with van der Waals surface area (Å²) in [6, 6.07) is 10.3. The topological polar surface area (TPSA) is 93.9 Å². The molecule has 2 aromatic carbocycles. The molecule has 0 atom stereocenters. The monoisotopic (exact) mass is 330 g/mol. The summed E-state index contributed by atoms with van der Waals surface area (Å²) in [4.78, 5) is 11.3. The number of H-pyrrole nitrogens is 1. The number of hydrogen-bond donors (Lipinski definition) is 2. The van der Waals surface area contributed by atoms with Crippen LogP contribution in [-0.2, 0) is 6.61 Å². The van der Waals surface area contributed by atoms with Gasteiger partial charge >= 0.3 is 0 Å². The quantitative estimate of drug-likeness (QED) is 0.751. The summed E-state index contributed by atoms with van der Waals surface area (Å²) in [5.74, 6) is -1.98. The van der Waals surface area contributed by atoms with Crippen molar-refractivity contribution in [3.8, 4) is 17.0 Å². The number of carbonyl (C=O) groups excluding carboxylic acids is 1. The van der Waals surface area contributed by atoms with Gasteiger partial charge in [0, 0.05) is 5.56 Å². The van der Waals surface area contributed by atoms with Gasteiger partial charge in [-0.05, 0) is 42.0 Å². The molecule has 3 rings (SSSR count). The number of carbonyl (C=O) groups is 1. The zero-order chi connectivity index (χ0) is 17.1. The zero-order valence-corrected chi connectivity index (χ0v) is 12.3. The maximum Gasteiger partial charge on any atom is 0.271 e. The van der Waals surface area contributed by atoms with Crippen LogP contribution in [0.1, 0.15) is 16.1 Å². The molecular weight excluding hydrogens is 318 g/mol. The summed E-state index contributed by atoms with van der Waals surface area (Å²) in [7, 11) is 0. The van der Waals surface area contributed by atoms with E-state index in [9.17, 15) is 13.6 Å². The third-order valence-electron chi connectivity index (χ3n) is 3.30. The van der Waals surface area contributed by atoms with Crippen LogP contribution in [0.2, 0.25) is 0 Å². The van der Waals surface area contributed by atoms with Gasteiger partial charge in [-0.15, -0.1) is 0 Å². The number of aromatic nitrogens is 3. The number of hydrogen-bond acceptors (Lipinski definition) is 4. The number of nitrogens with zero attached hydrogens (tertiary/aromatic N) is 2. The van der Waals surface area contributed by atoms with Crippen molar-refractivity contribution < 1.29 is 18.3 Å². The van der Waals surface area contributed by atoms with Gasteiger partial charge < -0.3 is 10.5 Å². The molecular formula is C16H12F2N4O2. The molecule has 8 heteroatoms. The number of ether oxygens (including phenoxy) is 1. The molecule has 6 nitrogen and oxygen atoms in total. The van der Waals surface area contributed by atoms with E-state index in [4.69, 9.17) is 10.5 Å². The van der Waals surface area contributed by atoms with Gasteiger partial charge in [0.25, 0.3) is 5.91 Å². The van der Waals surface area contributed by atoms with Gasteiger partial charge in [0.15, 0.2) is 17.3 Å². The van der Waals surface area contributed by atoms with Crippen LogP contribution in [-0.4, -0.2) is 21.3 Å². The standard InChI is InChI=1S/C16H12F2N4O2/c17-12-6-1-9(7-13(12)18)8-24-11-4-2-10(3-5-11)14-15(16(19)23)21-22-20-14/h1-7H,8H2,(H2,19,23)(H,20,21,22). The number of halogens is 2. The number of aromatic amines is 1. The molecule has 122 valence electrons. The lowest BCUT2D eigenvalue weighted by Crippen LogP contribution is -2.12. The first kappa shape index (κ1) is 15.6. The first-order chi connectivity index (χ1) is 11.5. The fourth-order valence-corrected chi connectivity index (χ4v) is 2.11. The number of benzene rings is 2. The van der Waals surface area contributed by atoms with Crippen molar-refractivity contribution >= 4 is 5.91 Å². The Hall–Kier alpha value is -3.29. The Kier molecular flexibility index (Phi) is 4.19. The highest BCUT2D eigenvalue weighted by molar-refractivity contribution is 5.96. The van der Waals surface area contributed by atoms with Gasteiger partial charge in [-0.2, -0.15) is 15.4 Å². The average Bonchev–Trinajstić information content (AvgIpc) is 3.06. The Morgan fingerprint density at radius 2 is 1.83 bits per heavy atom. The Bertz CT molecular complexity index is 878. The van der Waals surface area contributed by atoms with E-state index in [2.05, 4.69) is 15.4 Å². The van der Waals surface area contributed by atoms with Crippen molar-refractivity contribution in [2.45, 2.75) is 6.61 Å². The number of amides is 1. The summed E-state index contributed by atoms with van der Waals surface area (Å²) >= 11 is 0. The first-order valence-corrected chi connectivity index (χ1v) is 6.92. The molecule has 0 bridgehead atoms. The lowest BCUT2D eigenvalue weighted by atomic mass is 10.1. The number of primary amides is 1. The molecule has 0 saturated heterocycles. The molecule has 0 aliphatic rings. The highest BCUT2D eigenvalue weighted by atomic mass is 19.2. The molecule has 24 heavy (non-hydrogen) atoms. The predicted molar refractivity (Wildman–Crippen MR) is 81.0 cm³/mol. The van der Waals surface area contributed by atoms with Crippen molar-refractivity contribution in [2.75, 3.05) is 0 Å². The van der Waals surface area contributed by atoms with Gasteiger partial charge in [0.2, 0.25) is 0 Å². The molecule has 3 aromatic rings. The Labute approximate surface area is 135 Å². The lowest BCUT2D eigenvalue weighted by Gasteiger charge is -2.07. The molecule has 0 aliphatic carbocycles. The third kappa shape index (κ3) is 3.22. The second-order valence-corrected chi connectivity index (χ2v) is 4.95. The van der Waals surface area contributed by atoms with Gasteiger partial charge in [0.05, 0.1) is 0 Å². The van der Waals surface area contributed by atoms with Crippen LogP contribution in [0.3, 0.4) is 0 Å². The van der Waals surface area contributed by atoms with Gasteiger partial charge in [-0.25, -0.2) is 8.78 Å². The maximum absolute atomic E-state index is 13.1. The minimum Gasteiger partial charge on any atom is -0.489 e. The summed E-state index contributed by atoms with van der Waals surface area (Å²) in [6.07, 6.45) is 0. The zero-order valence-electron chi connectivity index (χ0n) is 12.3. The van der Waals surface area contributed by atoms with Crippen LogP contribution >= 0.6 is 0 Å². The van der Waals surface area contributed by atoms with Gasteiger partial charge in [-0.3, -0.25) is 4.79 Å². The van der Waals surface area contributed by atoms with Crippen LogP contribution in [0, 0.1) is 11.6 Å². The van der Waals surface area contributed by atoms with Crippen molar-refractivity contribution in [1.82, 2.24) is 15.4 Å². The molecule has 1 aromatic heterocycles. The lowest BCUT2D eigenvalue weighted by molar-refractivity contribution is 0.0996. The third-order valence-corrected chi connectivity index (χ3v) is 3.30. The molecule has 3 N–H and O–H groups in total. The van der Waals surface area contributed by atoms with Crippen LogP contribution in [0.4, 0.5) is 8.78 Å². The van der Waals surface area contributed by atoms with E-state index in [-0.39, 0.29) is 12.3 Å². The van der Waals surface area contributed by atoms with E-state index < -0.39 is 17.5 Å². The maximum atomic E-state index is 13.1. The van der Waals surface area contributed by atoms with E-state index in [0.29, 0.717) is 22.6 Å². The fraction of sp³-hybridized carbons (Fsp3) is 0.0625. The Morgan fingerprint density at radius 3 is 2.50 bits per heavy atom. The Morgan fingerprint density at radius 1 is 1.08 bits per heavy atom. The van der Waals surface area contributed by atoms with Crippen molar-refractivity contribution in [3.05, 3.63) is 65.4 Å². The number of nitrogens with one attached hydrogen (secondary N) is 1. The van der Waals surface area contributed by atoms with Crippen LogP contribution < -0.4 is 10.5 Å². The molecule has 0 saturated carbocycles. The van der Waals surface area contributed by atoms with E-state index in [1.54, 1.807) is 24.3 Å². The molecule has 0 unspecified atom stereocenters. The number of nitrogens with two attached hydrogens (primary N) is 1. The van der Waals surface area contributed by atoms with Crippen molar-refractivity contribution in [1.29, 1.82) is 0 Å². The Balaban J connectivity index is 1.71. The summed E-state index contributed by atoms with van der Waals surface area (Å²) < 4.78 is 31.5. The molecule has 0 spiro atoms. The summed E-state index contributed by atoms with van der Waals surface area (Å²) in [5, 5.41) is 9.94. The highest BCUT2D eigenvalue weighted by Crippen LogP contribution is 2.23. The van der Waals surface area contributed by atoms with E-state index in [0.717, 1.165) is 12.1 Å². The average molecular weight is 330 g/mol. The smallest absolute Gasteiger partial charge is 0.271 e. The molecule has 0 aliphatic heterocycles. The van der Waals surface area contributed by atoms with Crippen LogP contribution in [0.15, 0.2) is 42.5 Å². The fourth-order valence-electron chi connectivity index (χ4n) is 2.11. The molecule has 0 radical (unpaired) electrons. The summed E-state index contributed by atoms with van der Waals surface area (Å²) in [6.45, 7) is 0.0903. The van der Waals surface area contributed by atoms with Crippen LogP contribution in [0.5, 0.6) is 5.75 Å². The van der Waals surface area contributed by atoms with Crippen LogP contribution in [0.25, 0.3) is 11.3 Å². The minimum atomic E-state index is -0.920. The van der Waals surface area contributed by atoms with Gasteiger partial charge in [-0.1, -0.05) is 6.07 Å². The van der Waals surface area contributed by atoms with E-state index in [1.807, 2.05) is 0 Å². The minimum absolute atomic E-state index is 0.0467. The van der Waals surface area contributed by atoms with E-state index >= 15 is 0 Å². The first-order valence-electron chi connectivity index (χ1n) is 6.92. The SMILES string of the molecule is NC(=O)c1n[nH]nc1-c1ccc(OCc2ccc(F)c(F)c2)cc1. The van der Waals surface area contributed by atoms with Gasteiger partial charge in [0.1, 0.15) is 18.1 Å². The largest absolute Gasteiger partial charge is 0.489 e. The normalized spacial score (nSPS) is 10.6.